The standard InChI is InChI=1S/C22H18Cl2F2N4O8S/c1-36-15-4-3-11(9-14(15)30(39(34)35)22(5-6-22)20(32)37-2)38-17-12(23)7-10(8-13(17)24)29-21(33)27-19(31)16(28-29)18(25)26/h3-4,7-9,18H,5-6H2,1-2H3,(H,34,35)(H,27,31,33). The number of aromatic amines is 1. The van der Waals surface area contributed by atoms with Crippen molar-refractivity contribution in [1.29, 1.82) is 0 Å². The van der Waals surface area contributed by atoms with Crippen LogP contribution in [0, 0.1) is 0 Å². The van der Waals surface area contributed by atoms with Gasteiger partial charge in [0, 0.05) is 6.07 Å². The van der Waals surface area contributed by atoms with Crippen LogP contribution in [-0.4, -0.2) is 49.3 Å². The Morgan fingerprint density at radius 3 is 2.36 bits per heavy atom. The summed E-state index contributed by atoms with van der Waals surface area (Å²) in [5.41, 5.74) is -5.12. The minimum Gasteiger partial charge on any atom is -0.495 e. The van der Waals surface area contributed by atoms with E-state index >= 15 is 0 Å². The number of rotatable bonds is 9. The third-order valence-corrected chi connectivity index (χ3v) is 7.13. The summed E-state index contributed by atoms with van der Waals surface area (Å²) in [6.45, 7) is 0. The summed E-state index contributed by atoms with van der Waals surface area (Å²) in [6, 6.07) is 6.45. The number of anilines is 1. The van der Waals surface area contributed by atoms with Gasteiger partial charge in [-0.3, -0.25) is 14.3 Å². The molecule has 1 aromatic heterocycles. The molecule has 0 radical (unpaired) electrons. The van der Waals surface area contributed by atoms with Gasteiger partial charge in [-0.2, -0.15) is 9.78 Å². The molecule has 0 spiro atoms. The Balaban J connectivity index is 1.74. The molecule has 1 unspecified atom stereocenters. The fourth-order valence-corrected chi connectivity index (χ4v) is 5.19. The lowest BCUT2D eigenvalue weighted by molar-refractivity contribution is -0.143. The summed E-state index contributed by atoms with van der Waals surface area (Å²) >= 11 is 9.97. The van der Waals surface area contributed by atoms with E-state index < -0.39 is 46.1 Å². The summed E-state index contributed by atoms with van der Waals surface area (Å²) in [4.78, 5) is 37.9. The predicted octanol–water partition coefficient (Wildman–Crippen LogP) is 3.61. The smallest absolute Gasteiger partial charge is 0.349 e. The second kappa shape index (κ2) is 10.9. The van der Waals surface area contributed by atoms with Crippen molar-refractivity contribution in [2.45, 2.75) is 24.8 Å². The van der Waals surface area contributed by atoms with E-state index in [1.807, 2.05) is 0 Å². The highest BCUT2D eigenvalue weighted by Crippen LogP contribution is 2.49. The van der Waals surface area contributed by atoms with E-state index in [-0.39, 0.29) is 51.5 Å². The van der Waals surface area contributed by atoms with Gasteiger partial charge in [-0.05, 0) is 37.1 Å². The van der Waals surface area contributed by atoms with Crippen molar-refractivity contribution >= 4 is 46.1 Å². The van der Waals surface area contributed by atoms with E-state index in [0.29, 0.717) is 4.68 Å². The Hall–Kier alpha value is -3.53. The Morgan fingerprint density at radius 2 is 1.85 bits per heavy atom. The molecular formula is C22H18Cl2F2N4O8S. The van der Waals surface area contributed by atoms with Gasteiger partial charge in [0.2, 0.25) is 0 Å². The Kier molecular flexibility index (Phi) is 7.97. The molecule has 2 N–H and O–H groups in total. The molecular weight excluding hydrogens is 589 g/mol. The van der Waals surface area contributed by atoms with E-state index in [4.69, 9.17) is 37.4 Å². The molecule has 17 heteroatoms. The average molecular weight is 607 g/mol. The second-order valence-corrected chi connectivity index (χ2v) is 9.72. The van der Waals surface area contributed by atoms with E-state index in [9.17, 15) is 31.9 Å². The minimum absolute atomic E-state index is 0.0334. The van der Waals surface area contributed by atoms with Crippen molar-refractivity contribution in [3.63, 3.8) is 0 Å². The van der Waals surface area contributed by atoms with Crippen LogP contribution in [0.1, 0.15) is 25.0 Å². The molecule has 4 rings (SSSR count). The quantitative estimate of drug-likeness (QED) is 0.274. The summed E-state index contributed by atoms with van der Waals surface area (Å²) in [7, 11) is 2.49. The van der Waals surface area contributed by atoms with Crippen molar-refractivity contribution < 1.29 is 36.5 Å². The van der Waals surface area contributed by atoms with Gasteiger partial charge in [-0.25, -0.2) is 26.9 Å². The van der Waals surface area contributed by atoms with E-state index in [1.54, 1.807) is 4.98 Å². The van der Waals surface area contributed by atoms with Gasteiger partial charge in [-0.1, -0.05) is 23.2 Å². The number of halogens is 4. The zero-order valence-electron chi connectivity index (χ0n) is 19.9. The highest BCUT2D eigenvalue weighted by Gasteiger charge is 2.59. The van der Waals surface area contributed by atoms with Crippen LogP contribution in [0.5, 0.6) is 17.2 Å². The summed E-state index contributed by atoms with van der Waals surface area (Å²) < 4.78 is 66.0. The van der Waals surface area contributed by atoms with Crippen LogP contribution in [0.15, 0.2) is 39.9 Å². The number of aromatic nitrogens is 3. The third-order valence-electron chi connectivity index (χ3n) is 5.71. The molecule has 0 saturated heterocycles. The van der Waals surface area contributed by atoms with Crippen LogP contribution in [0.4, 0.5) is 14.5 Å². The number of nitrogens with zero attached hydrogens (tertiary/aromatic N) is 3. The maximum Gasteiger partial charge on any atom is 0.349 e. The normalized spacial score (nSPS) is 14.6. The van der Waals surface area contributed by atoms with Gasteiger partial charge in [0.05, 0.1) is 35.6 Å². The lowest BCUT2D eigenvalue weighted by atomic mass is 10.2. The number of hydrogen-bond acceptors (Lipinski definition) is 8. The molecule has 1 heterocycles. The van der Waals surface area contributed by atoms with Crippen LogP contribution in [0.2, 0.25) is 10.0 Å². The van der Waals surface area contributed by atoms with Crippen LogP contribution in [0.3, 0.4) is 0 Å². The van der Waals surface area contributed by atoms with Crippen LogP contribution < -0.4 is 25.0 Å². The first kappa shape index (κ1) is 28.5. The van der Waals surface area contributed by atoms with E-state index in [0.717, 1.165) is 23.5 Å². The van der Waals surface area contributed by atoms with Crippen LogP contribution in [0.25, 0.3) is 5.69 Å². The maximum absolute atomic E-state index is 13.1. The number of benzene rings is 2. The molecule has 1 saturated carbocycles. The van der Waals surface area contributed by atoms with Gasteiger partial charge in [-0.15, -0.1) is 0 Å². The number of esters is 1. The molecule has 1 aliphatic rings. The minimum atomic E-state index is -3.25. The van der Waals surface area contributed by atoms with Crippen molar-refractivity contribution in [2.24, 2.45) is 0 Å². The van der Waals surface area contributed by atoms with Crippen LogP contribution >= 0.6 is 23.2 Å². The number of alkyl halides is 2. The lowest BCUT2D eigenvalue weighted by Crippen LogP contribution is -2.45. The molecule has 0 bridgehead atoms. The molecule has 1 fully saturated rings. The molecule has 2 aromatic carbocycles. The molecule has 208 valence electrons. The zero-order valence-corrected chi connectivity index (χ0v) is 22.3. The van der Waals surface area contributed by atoms with Crippen molar-refractivity contribution in [1.82, 2.24) is 14.8 Å². The van der Waals surface area contributed by atoms with E-state index in [1.165, 1.54) is 25.3 Å². The number of ether oxygens (including phenoxy) is 3. The summed E-state index contributed by atoms with van der Waals surface area (Å²) in [5.74, 6) is -0.639. The molecule has 12 nitrogen and oxygen atoms in total. The zero-order chi connectivity index (χ0) is 28.6. The van der Waals surface area contributed by atoms with E-state index in [2.05, 4.69) is 5.10 Å². The average Bonchev–Trinajstić information content (AvgIpc) is 3.67. The molecule has 0 aliphatic heterocycles. The fourth-order valence-electron chi connectivity index (χ4n) is 3.77. The molecule has 3 aromatic rings. The van der Waals surface area contributed by atoms with Gasteiger partial charge >= 0.3 is 11.7 Å². The Morgan fingerprint density at radius 1 is 1.21 bits per heavy atom. The topological polar surface area (TPSA) is 153 Å². The van der Waals surface area contributed by atoms with Gasteiger partial charge < -0.3 is 14.2 Å². The monoisotopic (exact) mass is 606 g/mol. The highest BCUT2D eigenvalue weighted by molar-refractivity contribution is 7.80. The van der Waals surface area contributed by atoms with Gasteiger partial charge in [0.15, 0.2) is 17.0 Å². The number of carbonyl (C=O) groups excluding carboxylic acids is 1. The summed E-state index contributed by atoms with van der Waals surface area (Å²) in [5, 5.41) is 3.04. The number of hydrogen-bond donors (Lipinski definition) is 2. The number of carbonyl (C=O) groups is 1. The molecule has 1 atom stereocenters. The number of methoxy groups -OCH3 is 2. The first-order chi connectivity index (χ1) is 18.4. The first-order valence-electron chi connectivity index (χ1n) is 10.8. The van der Waals surface area contributed by atoms with Crippen molar-refractivity contribution in [2.75, 3.05) is 18.5 Å². The lowest BCUT2D eigenvalue weighted by Gasteiger charge is -2.29. The van der Waals surface area contributed by atoms with Crippen LogP contribution in [-0.2, 0) is 20.8 Å². The number of nitrogens with one attached hydrogen (secondary N) is 1. The predicted molar refractivity (Wildman–Crippen MR) is 136 cm³/mol. The third kappa shape index (κ3) is 5.34. The van der Waals surface area contributed by atoms with Gasteiger partial charge in [0.25, 0.3) is 23.3 Å². The number of H-pyrrole nitrogens is 1. The van der Waals surface area contributed by atoms with Crippen molar-refractivity contribution in [3.05, 3.63) is 66.9 Å². The maximum atomic E-state index is 13.1. The first-order valence-corrected chi connectivity index (χ1v) is 12.6. The molecule has 1 aliphatic carbocycles. The Bertz CT molecular complexity index is 1570. The SMILES string of the molecule is COC(=O)C1(N(c2cc(Oc3c(Cl)cc(-n4nc(C(F)F)c(=O)[nH]c4=O)cc3Cl)ccc2OC)S(=O)O)CC1. The van der Waals surface area contributed by atoms with Crippen molar-refractivity contribution in [3.8, 4) is 22.9 Å². The second-order valence-electron chi connectivity index (χ2n) is 8.08. The molecule has 39 heavy (non-hydrogen) atoms. The molecule has 0 amide bonds. The largest absolute Gasteiger partial charge is 0.495 e. The fraction of sp³-hybridized carbons (Fsp3) is 0.273. The Labute approximate surface area is 230 Å². The van der Waals surface area contributed by atoms with Gasteiger partial charge in [0.1, 0.15) is 11.5 Å². The highest BCUT2D eigenvalue weighted by atomic mass is 35.5. The summed E-state index contributed by atoms with van der Waals surface area (Å²) in [6.07, 6.45) is -2.74.